The molecule has 2 aromatic rings. The Labute approximate surface area is 169 Å². The van der Waals surface area contributed by atoms with Crippen LogP contribution in [0.15, 0.2) is 42.5 Å². The highest BCUT2D eigenvalue weighted by Crippen LogP contribution is 2.20. The maximum atomic E-state index is 12.1. The molecule has 0 spiro atoms. The van der Waals surface area contributed by atoms with Gasteiger partial charge in [-0.3, -0.25) is 10.1 Å². The highest BCUT2D eigenvalue weighted by atomic mass is 16.6. The fourth-order valence-electron chi connectivity index (χ4n) is 3.37. The number of rotatable bonds is 6. The molecule has 1 saturated carbocycles. The lowest BCUT2D eigenvalue weighted by molar-refractivity contribution is -0.156. The number of esters is 1. The largest absolute Gasteiger partial charge is 0.482 e. The second kappa shape index (κ2) is 9.91. The van der Waals surface area contributed by atoms with Crippen LogP contribution in [0.4, 0.5) is 4.79 Å². The predicted octanol–water partition coefficient (Wildman–Crippen LogP) is 3.31. The minimum Gasteiger partial charge on any atom is -0.482 e. The minimum absolute atomic E-state index is 0.0877. The molecule has 0 aliphatic heterocycles. The molecule has 1 fully saturated rings. The molecule has 1 aliphatic carbocycles. The number of nitrogens with one attached hydrogen (secondary N) is 2. The minimum atomic E-state index is -1.10. The van der Waals surface area contributed by atoms with Gasteiger partial charge in [-0.25, -0.2) is 9.59 Å². The van der Waals surface area contributed by atoms with Gasteiger partial charge >= 0.3 is 12.0 Å². The van der Waals surface area contributed by atoms with Gasteiger partial charge in [0.05, 0.1) is 0 Å². The smallest absolute Gasteiger partial charge is 0.344 e. The Bertz CT molecular complexity index is 876. The van der Waals surface area contributed by atoms with Crippen LogP contribution in [0.3, 0.4) is 0 Å². The van der Waals surface area contributed by atoms with Crippen molar-refractivity contribution in [3.8, 4) is 5.75 Å². The summed E-state index contributed by atoms with van der Waals surface area (Å²) in [4.78, 5) is 36.0. The van der Waals surface area contributed by atoms with Crippen LogP contribution < -0.4 is 15.4 Å². The maximum Gasteiger partial charge on any atom is 0.344 e. The first kappa shape index (κ1) is 20.6. The molecule has 1 aliphatic rings. The summed E-state index contributed by atoms with van der Waals surface area (Å²) in [7, 11) is 0. The SMILES string of the molecule is C[C@@H](OC(=O)COc1ccc2ccccc2c1)C(=O)NC(=O)NC1CCCCC1. The molecular formula is C22H26N2O5. The van der Waals surface area contributed by atoms with Crippen LogP contribution in [-0.4, -0.2) is 36.7 Å². The summed E-state index contributed by atoms with van der Waals surface area (Å²) in [6.07, 6.45) is 4.05. The van der Waals surface area contributed by atoms with Gasteiger partial charge < -0.3 is 14.8 Å². The normalized spacial score (nSPS) is 15.3. The average Bonchev–Trinajstić information content (AvgIpc) is 2.72. The van der Waals surface area contributed by atoms with Crippen molar-refractivity contribution in [3.63, 3.8) is 0 Å². The van der Waals surface area contributed by atoms with Crippen molar-refractivity contribution in [2.24, 2.45) is 0 Å². The van der Waals surface area contributed by atoms with Crippen molar-refractivity contribution in [2.75, 3.05) is 6.61 Å². The number of hydrogen-bond acceptors (Lipinski definition) is 5. The van der Waals surface area contributed by atoms with Gasteiger partial charge in [-0.1, -0.05) is 49.6 Å². The Morgan fingerprint density at radius 1 is 1.03 bits per heavy atom. The molecule has 0 unspecified atom stereocenters. The highest BCUT2D eigenvalue weighted by molar-refractivity contribution is 5.97. The summed E-state index contributed by atoms with van der Waals surface area (Å²) in [5.74, 6) is -0.824. The Hall–Kier alpha value is -3.09. The molecule has 154 valence electrons. The lowest BCUT2D eigenvalue weighted by Crippen LogP contribution is -2.48. The number of carbonyl (C=O) groups excluding carboxylic acids is 3. The van der Waals surface area contributed by atoms with Gasteiger partial charge in [0.1, 0.15) is 5.75 Å². The number of benzene rings is 2. The molecule has 7 nitrogen and oxygen atoms in total. The summed E-state index contributed by atoms with van der Waals surface area (Å²) in [6, 6.07) is 12.8. The van der Waals surface area contributed by atoms with Crippen molar-refractivity contribution < 1.29 is 23.9 Å². The van der Waals surface area contributed by atoms with Crippen molar-refractivity contribution >= 4 is 28.7 Å². The summed E-state index contributed by atoms with van der Waals surface area (Å²) >= 11 is 0. The van der Waals surface area contributed by atoms with Gasteiger partial charge in [0.2, 0.25) is 0 Å². The number of fused-ring (bicyclic) bond motifs is 1. The Kier molecular flexibility index (Phi) is 7.05. The molecule has 0 bridgehead atoms. The van der Waals surface area contributed by atoms with E-state index in [2.05, 4.69) is 10.6 Å². The van der Waals surface area contributed by atoms with E-state index in [0.717, 1.165) is 36.5 Å². The zero-order valence-electron chi connectivity index (χ0n) is 16.5. The van der Waals surface area contributed by atoms with Crippen LogP contribution in [0.25, 0.3) is 10.8 Å². The monoisotopic (exact) mass is 398 g/mol. The summed E-state index contributed by atoms with van der Waals surface area (Å²) in [5, 5.41) is 7.07. The van der Waals surface area contributed by atoms with Gasteiger partial charge in [0, 0.05) is 6.04 Å². The van der Waals surface area contributed by atoms with E-state index in [9.17, 15) is 14.4 Å². The molecule has 2 aromatic carbocycles. The maximum absolute atomic E-state index is 12.1. The van der Waals surface area contributed by atoms with E-state index in [4.69, 9.17) is 9.47 Å². The lowest BCUT2D eigenvalue weighted by Gasteiger charge is -2.23. The second-order valence-electron chi connectivity index (χ2n) is 7.23. The van der Waals surface area contributed by atoms with Crippen LogP contribution in [0, 0.1) is 0 Å². The fraction of sp³-hybridized carbons (Fsp3) is 0.409. The number of urea groups is 1. The van der Waals surface area contributed by atoms with Crippen LogP contribution >= 0.6 is 0 Å². The lowest BCUT2D eigenvalue weighted by atomic mass is 9.96. The third-order valence-corrected chi connectivity index (χ3v) is 4.93. The number of hydrogen-bond donors (Lipinski definition) is 2. The van der Waals surface area contributed by atoms with Crippen LogP contribution in [0.1, 0.15) is 39.0 Å². The molecule has 0 aromatic heterocycles. The van der Waals surface area contributed by atoms with E-state index in [0.29, 0.717) is 5.75 Å². The molecule has 0 saturated heterocycles. The fourth-order valence-corrected chi connectivity index (χ4v) is 3.37. The Balaban J connectivity index is 1.41. The van der Waals surface area contributed by atoms with Crippen LogP contribution in [0.2, 0.25) is 0 Å². The molecule has 3 rings (SSSR count). The van der Waals surface area contributed by atoms with Crippen molar-refractivity contribution in [2.45, 2.75) is 51.2 Å². The number of carbonyl (C=O) groups is 3. The van der Waals surface area contributed by atoms with Crippen LogP contribution in [-0.2, 0) is 14.3 Å². The summed E-state index contributed by atoms with van der Waals surface area (Å²) in [6.45, 7) is 1.08. The topological polar surface area (TPSA) is 93.7 Å². The third-order valence-electron chi connectivity index (χ3n) is 4.93. The van der Waals surface area contributed by atoms with Crippen molar-refractivity contribution in [3.05, 3.63) is 42.5 Å². The van der Waals surface area contributed by atoms with Gasteiger partial charge in [-0.2, -0.15) is 0 Å². The third kappa shape index (κ3) is 6.20. The van der Waals surface area contributed by atoms with Crippen LogP contribution in [0.5, 0.6) is 5.75 Å². The first-order chi connectivity index (χ1) is 14.0. The standard InChI is InChI=1S/C22H26N2O5/c1-15(21(26)24-22(27)23-18-9-3-2-4-10-18)29-20(25)14-28-19-12-11-16-7-5-6-8-17(16)13-19/h5-8,11-13,15,18H,2-4,9-10,14H2,1H3,(H2,23,24,26,27)/t15-/m1/s1. The van der Waals surface area contributed by atoms with Gasteiger partial charge in [-0.15, -0.1) is 0 Å². The molecule has 0 radical (unpaired) electrons. The number of amides is 3. The van der Waals surface area contributed by atoms with Gasteiger partial charge in [-0.05, 0) is 42.7 Å². The molecule has 29 heavy (non-hydrogen) atoms. The molecule has 2 N–H and O–H groups in total. The predicted molar refractivity (Wildman–Crippen MR) is 109 cm³/mol. The highest BCUT2D eigenvalue weighted by Gasteiger charge is 2.22. The van der Waals surface area contributed by atoms with E-state index in [1.807, 2.05) is 36.4 Å². The second-order valence-corrected chi connectivity index (χ2v) is 7.23. The first-order valence-corrected chi connectivity index (χ1v) is 9.94. The Morgan fingerprint density at radius 3 is 2.52 bits per heavy atom. The van der Waals surface area contributed by atoms with E-state index in [1.165, 1.54) is 13.3 Å². The van der Waals surface area contributed by atoms with Crippen molar-refractivity contribution in [1.29, 1.82) is 0 Å². The molecule has 3 amide bonds. The number of imide groups is 1. The van der Waals surface area contributed by atoms with E-state index in [-0.39, 0.29) is 12.6 Å². The Morgan fingerprint density at radius 2 is 1.76 bits per heavy atom. The van der Waals surface area contributed by atoms with Gasteiger partial charge in [0.15, 0.2) is 12.7 Å². The van der Waals surface area contributed by atoms with E-state index >= 15 is 0 Å². The molecule has 0 heterocycles. The molecule has 1 atom stereocenters. The number of ether oxygens (including phenoxy) is 2. The zero-order valence-corrected chi connectivity index (χ0v) is 16.5. The molecular weight excluding hydrogens is 372 g/mol. The summed E-state index contributed by atoms with van der Waals surface area (Å²) < 4.78 is 10.5. The molecule has 7 heteroatoms. The quantitative estimate of drug-likeness (QED) is 0.728. The zero-order chi connectivity index (χ0) is 20.6. The first-order valence-electron chi connectivity index (χ1n) is 9.94. The van der Waals surface area contributed by atoms with E-state index in [1.54, 1.807) is 6.07 Å². The van der Waals surface area contributed by atoms with Crippen molar-refractivity contribution in [1.82, 2.24) is 10.6 Å². The van der Waals surface area contributed by atoms with E-state index < -0.39 is 24.0 Å². The summed E-state index contributed by atoms with van der Waals surface area (Å²) in [5.41, 5.74) is 0. The average molecular weight is 398 g/mol. The van der Waals surface area contributed by atoms with Gasteiger partial charge in [0.25, 0.3) is 5.91 Å².